The average Bonchev–Trinajstić information content (AvgIpc) is 2.36. The van der Waals surface area contributed by atoms with E-state index in [4.69, 9.17) is 0 Å². The zero-order valence-electron chi connectivity index (χ0n) is 11.1. The first-order chi connectivity index (χ1) is 8.90. The monoisotopic (exact) mass is 320 g/mol. The molecule has 0 atom stereocenters. The van der Waals surface area contributed by atoms with E-state index in [2.05, 4.69) is 15.9 Å². The van der Waals surface area contributed by atoms with E-state index in [1.807, 2.05) is 32.9 Å². The zero-order valence-corrected chi connectivity index (χ0v) is 12.6. The number of hydrogen-bond donors (Lipinski definition) is 0. The molecule has 2 aromatic rings. The molecule has 0 heterocycles. The van der Waals surface area contributed by atoms with Crippen molar-refractivity contribution in [2.45, 2.75) is 20.8 Å². The minimum Gasteiger partial charge on any atom is -0.289 e. The van der Waals surface area contributed by atoms with E-state index in [0.717, 1.165) is 16.7 Å². The van der Waals surface area contributed by atoms with Gasteiger partial charge in [-0.2, -0.15) is 0 Å². The van der Waals surface area contributed by atoms with Crippen LogP contribution >= 0.6 is 15.9 Å². The molecule has 98 valence electrons. The molecule has 0 aliphatic carbocycles. The molecule has 2 rings (SSSR count). The van der Waals surface area contributed by atoms with Gasteiger partial charge in [0, 0.05) is 11.1 Å². The Hall–Kier alpha value is -1.48. The van der Waals surface area contributed by atoms with Crippen molar-refractivity contribution in [3.63, 3.8) is 0 Å². The summed E-state index contributed by atoms with van der Waals surface area (Å²) in [5, 5.41) is 0. The molecule has 0 bridgehead atoms. The zero-order chi connectivity index (χ0) is 14.2. The van der Waals surface area contributed by atoms with Crippen LogP contribution in [0.15, 0.2) is 34.8 Å². The summed E-state index contributed by atoms with van der Waals surface area (Å²) >= 11 is 3.10. The van der Waals surface area contributed by atoms with Crippen LogP contribution in [0.4, 0.5) is 4.39 Å². The molecule has 2 aromatic carbocycles. The van der Waals surface area contributed by atoms with Crippen molar-refractivity contribution in [2.24, 2.45) is 0 Å². The van der Waals surface area contributed by atoms with Crippen LogP contribution in [0.2, 0.25) is 0 Å². The van der Waals surface area contributed by atoms with Gasteiger partial charge in [-0.3, -0.25) is 4.79 Å². The molecule has 0 N–H and O–H groups in total. The minimum atomic E-state index is -0.367. The van der Waals surface area contributed by atoms with Gasteiger partial charge >= 0.3 is 0 Å². The van der Waals surface area contributed by atoms with Crippen molar-refractivity contribution in [1.29, 1.82) is 0 Å². The predicted octanol–water partition coefficient (Wildman–Crippen LogP) is 4.74. The number of ketones is 1. The SMILES string of the molecule is Cc1cc(C)c(C(=O)c2ccc(F)c(Br)c2)cc1C. The van der Waals surface area contributed by atoms with E-state index in [9.17, 15) is 9.18 Å². The Balaban J connectivity index is 2.49. The lowest BCUT2D eigenvalue weighted by atomic mass is 9.95. The van der Waals surface area contributed by atoms with Gasteiger partial charge in [0.25, 0.3) is 0 Å². The van der Waals surface area contributed by atoms with Crippen LogP contribution in [0, 0.1) is 26.6 Å². The van der Waals surface area contributed by atoms with Crippen LogP contribution in [-0.4, -0.2) is 5.78 Å². The summed E-state index contributed by atoms with van der Waals surface area (Å²) < 4.78 is 13.5. The largest absolute Gasteiger partial charge is 0.289 e. The molecule has 19 heavy (non-hydrogen) atoms. The maximum atomic E-state index is 13.2. The number of aryl methyl sites for hydroxylation is 3. The first kappa shape index (κ1) is 13.9. The fourth-order valence-electron chi connectivity index (χ4n) is 2.00. The van der Waals surface area contributed by atoms with Crippen molar-refractivity contribution in [3.05, 3.63) is 68.4 Å². The highest BCUT2D eigenvalue weighted by atomic mass is 79.9. The van der Waals surface area contributed by atoms with E-state index in [-0.39, 0.29) is 11.6 Å². The first-order valence-electron chi connectivity index (χ1n) is 5.97. The number of halogens is 2. The molecule has 3 heteroatoms. The van der Waals surface area contributed by atoms with Crippen molar-refractivity contribution >= 4 is 21.7 Å². The molecule has 0 radical (unpaired) electrons. The number of benzene rings is 2. The standard InChI is InChI=1S/C16H14BrFO/c1-9-6-11(3)13(7-10(9)2)16(19)12-4-5-15(18)14(17)8-12/h4-8H,1-3H3. The third kappa shape index (κ3) is 2.76. The smallest absolute Gasteiger partial charge is 0.193 e. The van der Waals surface area contributed by atoms with Crippen LogP contribution in [0.5, 0.6) is 0 Å². The second kappa shape index (κ2) is 5.25. The predicted molar refractivity (Wildman–Crippen MR) is 78.2 cm³/mol. The third-order valence-electron chi connectivity index (χ3n) is 3.27. The van der Waals surface area contributed by atoms with Gasteiger partial charge in [-0.25, -0.2) is 4.39 Å². The van der Waals surface area contributed by atoms with Gasteiger partial charge in [-0.05, 0) is 77.7 Å². The number of hydrogen-bond acceptors (Lipinski definition) is 1. The highest BCUT2D eigenvalue weighted by Crippen LogP contribution is 2.22. The summed E-state index contributed by atoms with van der Waals surface area (Å²) in [5.41, 5.74) is 4.33. The van der Waals surface area contributed by atoms with Crippen LogP contribution in [0.1, 0.15) is 32.6 Å². The molecule has 0 aromatic heterocycles. The highest BCUT2D eigenvalue weighted by molar-refractivity contribution is 9.10. The Kier molecular flexibility index (Phi) is 3.85. The van der Waals surface area contributed by atoms with Crippen LogP contribution in [-0.2, 0) is 0 Å². The van der Waals surface area contributed by atoms with Crippen LogP contribution < -0.4 is 0 Å². The summed E-state index contributed by atoms with van der Waals surface area (Å²) in [6.45, 7) is 5.91. The second-order valence-corrected chi connectivity index (χ2v) is 5.56. The quantitative estimate of drug-likeness (QED) is 0.730. The topological polar surface area (TPSA) is 17.1 Å². The summed E-state index contributed by atoms with van der Waals surface area (Å²) in [5.74, 6) is -0.449. The van der Waals surface area contributed by atoms with E-state index >= 15 is 0 Å². The summed E-state index contributed by atoms with van der Waals surface area (Å²) in [4.78, 5) is 12.5. The van der Waals surface area contributed by atoms with Crippen molar-refractivity contribution < 1.29 is 9.18 Å². The molecule has 0 fully saturated rings. The van der Waals surface area contributed by atoms with Gasteiger partial charge in [0.1, 0.15) is 5.82 Å². The maximum absolute atomic E-state index is 13.2. The number of carbonyl (C=O) groups is 1. The number of carbonyl (C=O) groups excluding carboxylic acids is 1. The van der Waals surface area contributed by atoms with Gasteiger partial charge < -0.3 is 0 Å². The molecule has 1 nitrogen and oxygen atoms in total. The maximum Gasteiger partial charge on any atom is 0.193 e. The second-order valence-electron chi connectivity index (χ2n) is 4.71. The highest BCUT2D eigenvalue weighted by Gasteiger charge is 2.14. The lowest BCUT2D eigenvalue weighted by Crippen LogP contribution is -2.05. The molecule has 0 aliphatic rings. The van der Waals surface area contributed by atoms with E-state index in [1.54, 1.807) is 0 Å². The normalized spacial score (nSPS) is 10.6. The van der Waals surface area contributed by atoms with E-state index in [0.29, 0.717) is 15.6 Å². The minimum absolute atomic E-state index is 0.0821. The van der Waals surface area contributed by atoms with Crippen molar-refractivity contribution in [3.8, 4) is 0 Å². The molecule has 0 saturated heterocycles. The van der Waals surface area contributed by atoms with Crippen molar-refractivity contribution in [1.82, 2.24) is 0 Å². The molecule has 0 spiro atoms. The van der Waals surface area contributed by atoms with Gasteiger partial charge in [-0.1, -0.05) is 6.07 Å². The van der Waals surface area contributed by atoms with Gasteiger partial charge in [0.2, 0.25) is 0 Å². The Labute approximate surface area is 120 Å². The number of rotatable bonds is 2. The van der Waals surface area contributed by atoms with Crippen LogP contribution in [0.3, 0.4) is 0 Å². The Morgan fingerprint density at radius 2 is 1.63 bits per heavy atom. The van der Waals surface area contributed by atoms with Gasteiger partial charge in [0.05, 0.1) is 4.47 Å². The fraction of sp³-hybridized carbons (Fsp3) is 0.188. The molecular formula is C16H14BrFO. The molecule has 0 amide bonds. The fourth-order valence-corrected chi connectivity index (χ4v) is 2.38. The molecule has 0 saturated carbocycles. The van der Waals surface area contributed by atoms with Gasteiger partial charge in [-0.15, -0.1) is 0 Å². The van der Waals surface area contributed by atoms with Crippen molar-refractivity contribution in [2.75, 3.05) is 0 Å². The lowest BCUT2D eigenvalue weighted by molar-refractivity contribution is 0.103. The summed E-state index contributed by atoms with van der Waals surface area (Å²) in [6.07, 6.45) is 0. The summed E-state index contributed by atoms with van der Waals surface area (Å²) in [7, 11) is 0. The van der Waals surface area contributed by atoms with E-state index in [1.165, 1.54) is 18.2 Å². The first-order valence-corrected chi connectivity index (χ1v) is 6.77. The Morgan fingerprint density at radius 3 is 2.26 bits per heavy atom. The van der Waals surface area contributed by atoms with Gasteiger partial charge in [0.15, 0.2) is 5.78 Å². The molecular weight excluding hydrogens is 307 g/mol. The Morgan fingerprint density at radius 1 is 1.00 bits per heavy atom. The summed E-state index contributed by atoms with van der Waals surface area (Å²) in [6, 6.07) is 8.22. The third-order valence-corrected chi connectivity index (χ3v) is 3.87. The van der Waals surface area contributed by atoms with E-state index < -0.39 is 0 Å². The molecule has 0 aliphatic heterocycles. The average molecular weight is 321 g/mol. The Bertz CT molecular complexity index is 662. The van der Waals surface area contributed by atoms with Crippen LogP contribution in [0.25, 0.3) is 0 Å². The lowest BCUT2D eigenvalue weighted by Gasteiger charge is -2.09. The molecule has 0 unspecified atom stereocenters.